The highest BCUT2D eigenvalue weighted by molar-refractivity contribution is 5.93. The van der Waals surface area contributed by atoms with E-state index in [1.165, 1.54) is 0 Å². The average Bonchev–Trinajstić information content (AvgIpc) is 3.32. The lowest BCUT2D eigenvalue weighted by Crippen LogP contribution is -2.23. The van der Waals surface area contributed by atoms with Crippen molar-refractivity contribution in [3.8, 4) is 11.4 Å². The summed E-state index contributed by atoms with van der Waals surface area (Å²) in [7, 11) is 0. The first kappa shape index (κ1) is 17.4. The number of benzene rings is 1. The number of aryl methyl sites for hydroxylation is 2. The van der Waals surface area contributed by atoms with E-state index in [2.05, 4.69) is 17.0 Å². The van der Waals surface area contributed by atoms with Crippen molar-refractivity contribution >= 4 is 5.91 Å². The summed E-state index contributed by atoms with van der Waals surface area (Å²) in [4.78, 5) is 20.5. The van der Waals surface area contributed by atoms with E-state index in [9.17, 15) is 4.79 Å². The molecule has 2 aromatic heterocycles. The first-order valence-electron chi connectivity index (χ1n) is 9.37. The van der Waals surface area contributed by atoms with Crippen LogP contribution in [0.15, 0.2) is 30.6 Å². The van der Waals surface area contributed by atoms with E-state index < -0.39 is 5.91 Å². The molecular formula is C19H23N7O. The topological polar surface area (TPSA) is 105 Å². The molecule has 0 spiro atoms. The van der Waals surface area contributed by atoms with Crippen molar-refractivity contribution in [1.29, 1.82) is 0 Å². The number of hydrogen-bond donors (Lipinski definition) is 1. The number of rotatable bonds is 6. The monoisotopic (exact) mass is 365 g/mol. The Hall–Kier alpha value is -3.03. The van der Waals surface area contributed by atoms with Gasteiger partial charge in [0.15, 0.2) is 5.82 Å². The summed E-state index contributed by atoms with van der Waals surface area (Å²) >= 11 is 0. The molecule has 140 valence electrons. The number of fused-ring (bicyclic) bond motifs is 1. The van der Waals surface area contributed by atoms with Crippen molar-refractivity contribution in [1.82, 2.24) is 29.5 Å². The van der Waals surface area contributed by atoms with E-state index >= 15 is 0 Å². The maximum Gasteiger partial charge on any atom is 0.248 e. The third-order valence-corrected chi connectivity index (χ3v) is 5.02. The summed E-state index contributed by atoms with van der Waals surface area (Å²) < 4.78 is 4.00. The van der Waals surface area contributed by atoms with E-state index in [1.54, 1.807) is 18.5 Å². The van der Waals surface area contributed by atoms with Gasteiger partial charge >= 0.3 is 0 Å². The molecule has 0 aliphatic carbocycles. The van der Waals surface area contributed by atoms with Gasteiger partial charge in [0, 0.05) is 30.0 Å². The first-order chi connectivity index (χ1) is 13.2. The van der Waals surface area contributed by atoms with Crippen LogP contribution in [0.5, 0.6) is 0 Å². The van der Waals surface area contributed by atoms with E-state index in [0.29, 0.717) is 11.4 Å². The standard InChI is InChI=1S/C19H23N7O/c1-2-3-10-25-19(15-8-9-16-21-12-22-26(16)11-15)23-18(24-25)14-6-4-13(5-7-14)17(20)27/h4-7,12,15H,2-3,8-11H2,1H3,(H2,20,27). The quantitative estimate of drug-likeness (QED) is 0.721. The van der Waals surface area contributed by atoms with Crippen LogP contribution in [0.3, 0.4) is 0 Å². The Morgan fingerprint density at radius 3 is 2.85 bits per heavy atom. The van der Waals surface area contributed by atoms with Crippen LogP contribution in [0, 0.1) is 0 Å². The lowest BCUT2D eigenvalue weighted by Gasteiger charge is -2.22. The molecule has 4 rings (SSSR count). The minimum absolute atomic E-state index is 0.266. The second-order valence-corrected chi connectivity index (χ2v) is 6.91. The third kappa shape index (κ3) is 3.47. The van der Waals surface area contributed by atoms with Crippen LogP contribution < -0.4 is 5.73 Å². The summed E-state index contributed by atoms with van der Waals surface area (Å²) in [5.41, 5.74) is 6.69. The van der Waals surface area contributed by atoms with Crippen LogP contribution in [0.4, 0.5) is 0 Å². The van der Waals surface area contributed by atoms with Crippen molar-refractivity contribution in [2.45, 2.75) is 51.6 Å². The van der Waals surface area contributed by atoms with Gasteiger partial charge in [-0.25, -0.2) is 19.3 Å². The smallest absolute Gasteiger partial charge is 0.248 e. The van der Waals surface area contributed by atoms with E-state index in [-0.39, 0.29) is 5.92 Å². The van der Waals surface area contributed by atoms with Gasteiger partial charge in [0.1, 0.15) is 18.0 Å². The molecule has 1 amide bonds. The van der Waals surface area contributed by atoms with Gasteiger partial charge in [-0.3, -0.25) is 4.79 Å². The fraction of sp³-hybridized carbons (Fsp3) is 0.421. The molecule has 1 aliphatic heterocycles. The van der Waals surface area contributed by atoms with Crippen molar-refractivity contribution in [2.75, 3.05) is 0 Å². The number of nitrogens with two attached hydrogens (primary N) is 1. The summed E-state index contributed by atoms with van der Waals surface area (Å²) in [6.07, 6.45) is 5.65. The minimum Gasteiger partial charge on any atom is -0.366 e. The molecule has 3 heterocycles. The Morgan fingerprint density at radius 2 is 2.11 bits per heavy atom. The van der Waals surface area contributed by atoms with Crippen LogP contribution in [-0.2, 0) is 19.5 Å². The largest absolute Gasteiger partial charge is 0.366 e. The van der Waals surface area contributed by atoms with Crippen LogP contribution in [0.2, 0.25) is 0 Å². The van der Waals surface area contributed by atoms with Crippen LogP contribution >= 0.6 is 0 Å². The number of amides is 1. The molecule has 0 saturated heterocycles. The molecule has 1 atom stereocenters. The fourth-order valence-corrected chi connectivity index (χ4v) is 3.48. The van der Waals surface area contributed by atoms with E-state index in [4.69, 9.17) is 15.8 Å². The van der Waals surface area contributed by atoms with E-state index in [0.717, 1.165) is 56.0 Å². The highest BCUT2D eigenvalue weighted by atomic mass is 16.1. The Balaban J connectivity index is 1.65. The van der Waals surface area contributed by atoms with Gasteiger partial charge in [-0.1, -0.05) is 25.5 Å². The molecule has 0 fully saturated rings. The molecule has 1 aliphatic rings. The third-order valence-electron chi connectivity index (χ3n) is 5.02. The zero-order valence-corrected chi connectivity index (χ0v) is 15.4. The number of unbranched alkanes of at least 4 members (excludes halogenated alkanes) is 1. The molecule has 2 N–H and O–H groups in total. The number of aromatic nitrogens is 6. The summed E-state index contributed by atoms with van der Waals surface area (Å²) in [5.74, 6) is 2.55. The normalized spacial score (nSPS) is 16.3. The molecule has 0 saturated carbocycles. The van der Waals surface area contributed by atoms with Gasteiger partial charge in [0.2, 0.25) is 5.91 Å². The van der Waals surface area contributed by atoms with E-state index in [1.807, 2.05) is 21.5 Å². The number of hydrogen-bond acceptors (Lipinski definition) is 5. The van der Waals surface area contributed by atoms with Crippen molar-refractivity contribution in [3.63, 3.8) is 0 Å². The van der Waals surface area contributed by atoms with Crippen molar-refractivity contribution < 1.29 is 4.79 Å². The van der Waals surface area contributed by atoms with Gasteiger partial charge in [-0.15, -0.1) is 0 Å². The highest BCUT2D eigenvalue weighted by Gasteiger charge is 2.26. The van der Waals surface area contributed by atoms with Gasteiger partial charge in [-0.05, 0) is 25.0 Å². The molecule has 0 radical (unpaired) electrons. The SMILES string of the molecule is CCCCn1nc(-c2ccc(C(N)=O)cc2)nc1C1CCc2ncnn2C1. The second-order valence-electron chi connectivity index (χ2n) is 6.91. The predicted molar refractivity (Wildman–Crippen MR) is 100.0 cm³/mol. The maximum absolute atomic E-state index is 11.3. The number of carbonyl (C=O) groups is 1. The Labute approximate surface area is 157 Å². The zero-order chi connectivity index (χ0) is 18.8. The summed E-state index contributed by atoms with van der Waals surface area (Å²) in [6.45, 7) is 3.79. The Bertz CT molecular complexity index is 941. The number of nitrogens with zero attached hydrogens (tertiary/aromatic N) is 6. The molecule has 3 aromatic rings. The Kier molecular flexibility index (Phi) is 4.70. The zero-order valence-electron chi connectivity index (χ0n) is 15.4. The maximum atomic E-state index is 11.3. The molecule has 27 heavy (non-hydrogen) atoms. The van der Waals surface area contributed by atoms with Gasteiger partial charge in [0.25, 0.3) is 0 Å². The average molecular weight is 365 g/mol. The fourth-order valence-electron chi connectivity index (χ4n) is 3.48. The summed E-state index contributed by atoms with van der Waals surface area (Å²) in [5, 5.41) is 9.08. The highest BCUT2D eigenvalue weighted by Crippen LogP contribution is 2.28. The predicted octanol–water partition coefficient (Wildman–Crippen LogP) is 2.17. The van der Waals surface area contributed by atoms with Crippen molar-refractivity contribution in [3.05, 3.63) is 47.8 Å². The van der Waals surface area contributed by atoms with Crippen LogP contribution in [0.25, 0.3) is 11.4 Å². The molecule has 1 aromatic carbocycles. The first-order valence-corrected chi connectivity index (χ1v) is 9.37. The van der Waals surface area contributed by atoms with Gasteiger partial charge < -0.3 is 5.73 Å². The van der Waals surface area contributed by atoms with Crippen molar-refractivity contribution in [2.24, 2.45) is 5.73 Å². The lowest BCUT2D eigenvalue weighted by atomic mass is 9.99. The number of primary amides is 1. The van der Waals surface area contributed by atoms with Gasteiger partial charge in [0.05, 0.1) is 6.54 Å². The number of carbonyl (C=O) groups excluding carboxylic acids is 1. The second kappa shape index (κ2) is 7.30. The molecule has 1 unspecified atom stereocenters. The molecule has 8 heteroatoms. The van der Waals surface area contributed by atoms with Gasteiger partial charge in [-0.2, -0.15) is 10.2 Å². The lowest BCUT2D eigenvalue weighted by molar-refractivity contribution is 0.100. The minimum atomic E-state index is -0.436. The molecule has 0 bridgehead atoms. The van der Waals surface area contributed by atoms with Crippen LogP contribution in [0.1, 0.15) is 54.1 Å². The summed E-state index contributed by atoms with van der Waals surface area (Å²) in [6, 6.07) is 7.12. The molecule has 8 nitrogen and oxygen atoms in total. The molecular weight excluding hydrogens is 342 g/mol. The Morgan fingerprint density at radius 1 is 1.30 bits per heavy atom. The van der Waals surface area contributed by atoms with Crippen LogP contribution in [-0.4, -0.2) is 35.4 Å².